The molecule has 0 saturated carbocycles. The zero-order chi connectivity index (χ0) is 16.0. The highest BCUT2D eigenvalue weighted by Gasteiger charge is 2.20. The van der Waals surface area contributed by atoms with Crippen LogP contribution >= 0.6 is 11.6 Å². The van der Waals surface area contributed by atoms with E-state index in [2.05, 4.69) is 5.32 Å². The van der Waals surface area contributed by atoms with Gasteiger partial charge in [0, 0.05) is 16.6 Å². The van der Waals surface area contributed by atoms with Gasteiger partial charge in [0.15, 0.2) is 0 Å². The fourth-order valence-electron chi connectivity index (χ4n) is 1.96. The average molecular weight is 314 g/mol. The van der Waals surface area contributed by atoms with Crippen molar-refractivity contribution in [2.75, 3.05) is 7.11 Å². The SMILES string of the molecule is COc1ccc(Cl)cc1CC(=O)NC(CC(=O)O)C(C)C. The molecular formula is C15H20ClNO4. The zero-order valence-corrected chi connectivity index (χ0v) is 13.1. The number of halogens is 1. The molecule has 1 aromatic carbocycles. The lowest BCUT2D eigenvalue weighted by atomic mass is 10.0. The molecule has 1 rings (SSSR count). The van der Waals surface area contributed by atoms with Crippen LogP contribution in [0.3, 0.4) is 0 Å². The van der Waals surface area contributed by atoms with Crippen molar-refractivity contribution in [2.45, 2.75) is 32.7 Å². The third-order valence-electron chi connectivity index (χ3n) is 3.14. The maximum atomic E-state index is 12.1. The predicted octanol–water partition coefficient (Wildman–Crippen LogP) is 2.51. The van der Waals surface area contributed by atoms with E-state index in [4.69, 9.17) is 21.4 Å². The summed E-state index contributed by atoms with van der Waals surface area (Å²) in [5, 5.41) is 12.1. The Kier molecular flexibility index (Phi) is 6.49. The van der Waals surface area contributed by atoms with Crippen molar-refractivity contribution in [2.24, 2.45) is 5.92 Å². The summed E-state index contributed by atoms with van der Waals surface area (Å²) < 4.78 is 5.19. The lowest BCUT2D eigenvalue weighted by Gasteiger charge is -2.21. The molecule has 0 saturated heterocycles. The highest BCUT2D eigenvalue weighted by atomic mass is 35.5. The molecule has 1 amide bonds. The van der Waals surface area contributed by atoms with Crippen LogP contribution < -0.4 is 10.1 Å². The van der Waals surface area contributed by atoms with E-state index >= 15 is 0 Å². The second-order valence-corrected chi connectivity index (χ2v) is 5.59. The monoisotopic (exact) mass is 313 g/mol. The maximum Gasteiger partial charge on any atom is 0.305 e. The molecule has 21 heavy (non-hydrogen) atoms. The molecular weight excluding hydrogens is 294 g/mol. The number of carbonyl (C=O) groups excluding carboxylic acids is 1. The van der Waals surface area contributed by atoms with Crippen LogP contribution in [0.4, 0.5) is 0 Å². The standard InChI is InChI=1S/C15H20ClNO4/c1-9(2)12(8-15(19)20)17-14(18)7-10-6-11(16)4-5-13(10)21-3/h4-6,9,12H,7-8H2,1-3H3,(H,17,18)(H,19,20). The van der Waals surface area contributed by atoms with E-state index in [9.17, 15) is 9.59 Å². The normalized spacial score (nSPS) is 12.0. The molecule has 1 atom stereocenters. The van der Waals surface area contributed by atoms with Crippen molar-refractivity contribution in [3.05, 3.63) is 28.8 Å². The molecule has 0 heterocycles. The Bertz CT molecular complexity index is 516. The van der Waals surface area contributed by atoms with Crippen LogP contribution in [0.2, 0.25) is 5.02 Å². The van der Waals surface area contributed by atoms with Crippen LogP contribution in [-0.4, -0.2) is 30.1 Å². The minimum Gasteiger partial charge on any atom is -0.496 e. The first-order chi connectivity index (χ1) is 9.83. The Balaban J connectivity index is 2.76. The molecule has 6 heteroatoms. The number of nitrogens with one attached hydrogen (secondary N) is 1. The smallest absolute Gasteiger partial charge is 0.305 e. The zero-order valence-electron chi connectivity index (χ0n) is 12.4. The summed E-state index contributed by atoms with van der Waals surface area (Å²) >= 11 is 5.92. The van der Waals surface area contributed by atoms with Crippen molar-refractivity contribution in [3.8, 4) is 5.75 Å². The van der Waals surface area contributed by atoms with Gasteiger partial charge in [0.25, 0.3) is 0 Å². The second kappa shape index (κ2) is 7.88. The number of ether oxygens (including phenoxy) is 1. The number of carbonyl (C=O) groups is 2. The van der Waals surface area contributed by atoms with Gasteiger partial charge >= 0.3 is 5.97 Å². The molecule has 0 aliphatic rings. The molecule has 1 aromatic rings. The van der Waals surface area contributed by atoms with E-state index in [1.807, 2.05) is 13.8 Å². The van der Waals surface area contributed by atoms with Crippen molar-refractivity contribution < 1.29 is 19.4 Å². The number of benzene rings is 1. The number of hydrogen-bond acceptors (Lipinski definition) is 3. The van der Waals surface area contributed by atoms with Gasteiger partial charge in [-0.15, -0.1) is 0 Å². The topological polar surface area (TPSA) is 75.6 Å². The molecule has 0 bridgehead atoms. The first-order valence-corrected chi connectivity index (χ1v) is 7.04. The minimum atomic E-state index is -0.936. The van der Waals surface area contributed by atoms with Gasteiger partial charge in [-0.05, 0) is 24.1 Å². The largest absolute Gasteiger partial charge is 0.496 e. The lowest BCUT2D eigenvalue weighted by Crippen LogP contribution is -2.40. The molecule has 0 spiro atoms. The van der Waals surface area contributed by atoms with Gasteiger partial charge < -0.3 is 15.2 Å². The van der Waals surface area contributed by atoms with Crippen LogP contribution in [0.1, 0.15) is 25.8 Å². The summed E-state index contributed by atoms with van der Waals surface area (Å²) in [4.78, 5) is 22.9. The van der Waals surface area contributed by atoms with E-state index in [0.717, 1.165) is 0 Å². The summed E-state index contributed by atoms with van der Waals surface area (Å²) in [6.45, 7) is 3.74. The molecule has 1 unspecified atom stereocenters. The Hall–Kier alpha value is -1.75. The summed E-state index contributed by atoms with van der Waals surface area (Å²) in [7, 11) is 1.52. The van der Waals surface area contributed by atoms with E-state index in [1.54, 1.807) is 18.2 Å². The fraction of sp³-hybridized carbons (Fsp3) is 0.467. The lowest BCUT2D eigenvalue weighted by molar-refractivity contribution is -0.138. The van der Waals surface area contributed by atoms with Gasteiger partial charge in [-0.1, -0.05) is 25.4 Å². The van der Waals surface area contributed by atoms with Gasteiger partial charge in [0.1, 0.15) is 5.75 Å². The predicted molar refractivity (Wildman–Crippen MR) is 80.7 cm³/mol. The second-order valence-electron chi connectivity index (χ2n) is 5.15. The van der Waals surface area contributed by atoms with Crippen molar-refractivity contribution in [1.82, 2.24) is 5.32 Å². The van der Waals surface area contributed by atoms with Crippen molar-refractivity contribution in [3.63, 3.8) is 0 Å². The Morgan fingerprint density at radius 3 is 2.57 bits per heavy atom. The van der Waals surface area contributed by atoms with Gasteiger partial charge in [0.05, 0.1) is 20.0 Å². The van der Waals surface area contributed by atoms with Crippen LogP contribution in [0, 0.1) is 5.92 Å². The van der Waals surface area contributed by atoms with Gasteiger partial charge in [0.2, 0.25) is 5.91 Å². The highest BCUT2D eigenvalue weighted by Crippen LogP contribution is 2.23. The Morgan fingerprint density at radius 1 is 1.38 bits per heavy atom. The molecule has 0 aliphatic heterocycles. The summed E-state index contributed by atoms with van der Waals surface area (Å²) in [6.07, 6.45) is -0.0113. The van der Waals surface area contributed by atoms with E-state index < -0.39 is 12.0 Å². The molecule has 5 nitrogen and oxygen atoms in total. The third-order valence-corrected chi connectivity index (χ3v) is 3.37. The quantitative estimate of drug-likeness (QED) is 0.811. The van der Waals surface area contributed by atoms with E-state index in [-0.39, 0.29) is 24.7 Å². The number of aliphatic carboxylic acids is 1. The average Bonchev–Trinajstić information content (AvgIpc) is 2.37. The highest BCUT2D eigenvalue weighted by molar-refractivity contribution is 6.30. The third kappa shape index (κ3) is 5.63. The molecule has 0 aliphatic carbocycles. The van der Waals surface area contributed by atoms with Gasteiger partial charge in [-0.3, -0.25) is 9.59 Å². The summed E-state index contributed by atoms with van der Waals surface area (Å²) in [5.41, 5.74) is 0.667. The van der Waals surface area contributed by atoms with Crippen LogP contribution in [0.25, 0.3) is 0 Å². The number of carboxylic acid groups (broad SMARTS) is 1. The van der Waals surface area contributed by atoms with E-state index in [1.165, 1.54) is 7.11 Å². The van der Waals surface area contributed by atoms with Crippen LogP contribution in [0.5, 0.6) is 5.75 Å². The Labute approximate surface area is 129 Å². The van der Waals surface area contributed by atoms with Crippen molar-refractivity contribution >= 4 is 23.5 Å². The summed E-state index contributed by atoms with van der Waals surface area (Å²) in [5.74, 6) is -0.579. The molecule has 116 valence electrons. The first-order valence-electron chi connectivity index (χ1n) is 6.67. The fourth-order valence-corrected chi connectivity index (χ4v) is 2.15. The van der Waals surface area contributed by atoms with Crippen LogP contribution in [0.15, 0.2) is 18.2 Å². The molecule has 0 fully saturated rings. The van der Waals surface area contributed by atoms with E-state index in [0.29, 0.717) is 16.3 Å². The van der Waals surface area contributed by atoms with Crippen molar-refractivity contribution in [1.29, 1.82) is 0 Å². The number of hydrogen-bond donors (Lipinski definition) is 2. The Morgan fingerprint density at radius 2 is 2.05 bits per heavy atom. The minimum absolute atomic E-state index is 0.0336. The first kappa shape index (κ1) is 17.3. The maximum absolute atomic E-state index is 12.1. The molecule has 2 N–H and O–H groups in total. The number of rotatable bonds is 7. The summed E-state index contributed by atoms with van der Waals surface area (Å²) in [6, 6.07) is 4.65. The number of carboxylic acids is 1. The number of methoxy groups -OCH3 is 1. The van der Waals surface area contributed by atoms with Crippen LogP contribution in [-0.2, 0) is 16.0 Å². The van der Waals surface area contributed by atoms with Gasteiger partial charge in [-0.2, -0.15) is 0 Å². The number of amides is 1. The molecule has 0 aromatic heterocycles. The molecule has 0 radical (unpaired) electrons. The van der Waals surface area contributed by atoms with Gasteiger partial charge in [-0.25, -0.2) is 0 Å².